The van der Waals surface area contributed by atoms with Crippen LogP contribution in [0.1, 0.15) is 162 Å². The predicted octanol–water partition coefficient (Wildman–Crippen LogP) is 8.87. The number of hydrogen-bond donors (Lipinski definition) is 3. The van der Waals surface area contributed by atoms with Crippen LogP contribution >= 0.6 is 7.82 Å². The van der Waals surface area contributed by atoms with Crippen LogP contribution in [-0.2, 0) is 37.5 Å². The fraction of sp³-hybridized carbons (Fsp3) is 0.821. The fourth-order valence-corrected chi connectivity index (χ4v) is 5.92. The van der Waals surface area contributed by atoms with Gasteiger partial charge in [-0.05, 0) is 44.1 Å². The lowest BCUT2D eigenvalue weighted by molar-refractivity contribution is -0.161. The molecule has 0 aliphatic heterocycles. The SMILES string of the molecule is CCCCCC(=O)/C=C/C=C\CCCCCCCC(=O)O[C@H](COC(=O)CCCCCCCCCCC(C)CC)COP(=O)(O)OC[C@@H](O)CO. The number of aliphatic hydroxyl groups excluding tert-OH is 2. The number of phosphoric ester groups is 1. The number of carbonyl (C=O) groups is 3. The van der Waals surface area contributed by atoms with E-state index in [9.17, 15) is 28.9 Å². The molecular weight excluding hydrogens is 675 g/mol. The predicted molar refractivity (Wildman–Crippen MR) is 201 cm³/mol. The number of hydrogen-bond acceptors (Lipinski definition) is 10. The number of allylic oxidation sites excluding steroid dienone is 4. The summed E-state index contributed by atoms with van der Waals surface area (Å²) in [6, 6.07) is 0. The van der Waals surface area contributed by atoms with Crippen molar-refractivity contribution in [3.8, 4) is 0 Å². The zero-order chi connectivity index (χ0) is 38.0. The molecule has 12 heteroatoms. The molecule has 0 radical (unpaired) electrons. The zero-order valence-electron chi connectivity index (χ0n) is 32.0. The highest BCUT2D eigenvalue weighted by Gasteiger charge is 2.27. The Balaban J connectivity index is 4.44. The lowest BCUT2D eigenvalue weighted by atomic mass is 9.99. The van der Waals surface area contributed by atoms with Gasteiger partial charge < -0.3 is 24.6 Å². The molecule has 2 unspecified atom stereocenters. The Labute approximate surface area is 308 Å². The smallest absolute Gasteiger partial charge is 0.462 e. The highest BCUT2D eigenvalue weighted by Crippen LogP contribution is 2.43. The van der Waals surface area contributed by atoms with Crippen LogP contribution in [0.15, 0.2) is 24.3 Å². The maximum absolute atomic E-state index is 12.6. The Bertz CT molecular complexity index is 984. The summed E-state index contributed by atoms with van der Waals surface area (Å²) >= 11 is 0. The largest absolute Gasteiger partial charge is 0.472 e. The zero-order valence-corrected chi connectivity index (χ0v) is 32.9. The van der Waals surface area contributed by atoms with Crippen molar-refractivity contribution in [3.63, 3.8) is 0 Å². The first-order chi connectivity index (χ1) is 24.5. The second-order valence-corrected chi connectivity index (χ2v) is 15.0. The van der Waals surface area contributed by atoms with E-state index >= 15 is 0 Å². The molecule has 0 saturated carbocycles. The Morgan fingerprint density at radius 3 is 1.90 bits per heavy atom. The van der Waals surface area contributed by atoms with Gasteiger partial charge in [-0.15, -0.1) is 0 Å². The van der Waals surface area contributed by atoms with Gasteiger partial charge >= 0.3 is 19.8 Å². The second-order valence-electron chi connectivity index (χ2n) is 13.6. The molecule has 298 valence electrons. The first kappa shape index (κ1) is 49.1. The van der Waals surface area contributed by atoms with Gasteiger partial charge in [0.1, 0.15) is 12.7 Å². The molecule has 0 aromatic carbocycles. The molecule has 0 aromatic rings. The van der Waals surface area contributed by atoms with Gasteiger partial charge in [0, 0.05) is 19.3 Å². The quantitative estimate of drug-likeness (QED) is 0.0184. The van der Waals surface area contributed by atoms with E-state index in [0.717, 1.165) is 76.5 Å². The molecular formula is C39H71O11P. The van der Waals surface area contributed by atoms with Gasteiger partial charge in [0.15, 0.2) is 11.9 Å². The van der Waals surface area contributed by atoms with Crippen molar-refractivity contribution < 1.29 is 52.6 Å². The molecule has 0 heterocycles. The summed E-state index contributed by atoms with van der Waals surface area (Å²) in [6.45, 7) is 4.46. The minimum atomic E-state index is -4.63. The highest BCUT2D eigenvalue weighted by atomic mass is 31.2. The summed E-state index contributed by atoms with van der Waals surface area (Å²) in [6.07, 6.45) is 25.6. The van der Waals surface area contributed by atoms with E-state index in [2.05, 4.69) is 25.3 Å². The Hall–Kier alpha value is -1.88. The van der Waals surface area contributed by atoms with Crippen molar-refractivity contribution in [2.24, 2.45) is 5.92 Å². The Morgan fingerprint density at radius 1 is 0.706 bits per heavy atom. The molecule has 0 spiro atoms. The topological polar surface area (TPSA) is 166 Å². The molecule has 0 saturated heterocycles. The number of esters is 2. The number of ether oxygens (including phenoxy) is 2. The summed E-state index contributed by atoms with van der Waals surface area (Å²) in [5.74, 6) is -0.0188. The fourth-order valence-electron chi connectivity index (χ4n) is 5.13. The number of rotatable bonds is 36. The van der Waals surface area contributed by atoms with Crippen molar-refractivity contribution in [3.05, 3.63) is 24.3 Å². The van der Waals surface area contributed by atoms with E-state index in [1.54, 1.807) is 12.2 Å². The molecule has 3 N–H and O–H groups in total. The number of ketones is 1. The average Bonchev–Trinajstić information content (AvgIpc) is 3.11. The molecule has 0 bridgehead atoms. The second kappa shape index (κ2) is 33.9. The molecule has 4 atom stereocenters. The minimum Gasteiger partial charge on any atom is -0.462 e. The summed E-state index contributed by atoms with van der Waals surface area (Å²) in [7, 11) is -4.63. The highest BCUT2D eigenvalue weighted by molar-refractivity contribution is 7.47. The van der Waals surface area contributed by atoms with Crippen LogP contribution in [0.2, 0.25) is 0 Å². The van der Waals surface area contributed by atoms with Crippen molar-refractivity contribution >= 4 is 25.5 Å². The minimum absolute atomic E-state index is 0.134. The van der Waals surface area contributed by atoms with Gasteiger partial charge in [0.2, 0.25) is 0 Å². The molecule has 0 aliphatic carbocycles. The van der Waals surface area contributed by atoms with E-state index in [1.807, 2.05) is 12.2 Å². The van der Waals surface area contributed by atoms with E-state index in [1.165, 1.54) is 38.5 Å². The first-order valence-corrected chi connectivity index (χ1v) is 21.1. The van der Waals surface area contributed by atoms with Crippen LogP contribution < -0.4 is 0 Å². The lowest BCUT2D eigenvalue weighted by Gasteiger charge is -2.20. The summed E-state index contributed by atoms with van der Waals surface area (Å²) < 4.78 is 32.5. The Kier molecular flexibility index (Phi) is 32.7. The van der Waals surface area contributed by atoms with Crippen molar-refractivity contribution in [1.82, 2.24) is 0 Å². The van der Waals surface area contributed by atoms with Gasteiger partial charge in [0.05, 0.1) is 19.8 Å². The van der Waals surface area contributed by atoms with Crippen LogP contribution in [0, 0.1) is 5.92 Å². The van der Waals surface area contributed by atoms with Crippen molar-refractivity contribution in [2.75, 3.05) is 26.4 Å². The molecule has 0 aliphatic rings. The average molecular weight is 747 g/mol. The monoisotopic (exact) mass is 746 g/mol. The third-order valence-corrected chi connectivity index (χ3v) is 9.58. The van der Waals surface area contributed by atoms with Gasteiger partial charge in [-0.1, -0.05) is 129 Å². The van der Waals surface area contributed by atoms with Crippen molar-refractivity contribution in [2.45, 2.75) is 174 Å². The Morgan fingerprint density at radius 2 is 1.27 bits per heavy atom. The lowest BCUT2D eigenvalue weighted by Crippen LogP contribution is -2.29. The first-order valence-electron chi connectivity index (χ1n) is 19.6. The third-order valence-electron chi connectivity index (χ3n) is 8.63. The maximum atomic E-state index is 12.6. The van der Waals surface area contributed by atoms with Gasteiger partial charge in [-0.25, -0.2) is 4.57 Å². The van der Waals surface area contributed by atoms with E-state index in [0.29, 0.717) is 19.3 Å². The molecule has 0 aromatic heterocycles. The molecule has 0 amide bonds. The van der Waals surface area contributed by atoms with E-state index < -0.39 is 51.8 Å². The molecule has 0 rings (SSSR count). The normalized spacial score (nSPS) is 14.8. The van der Waals surface area contributed by atoms with Gasteiger partial charge in [-0.3, -0.25) is 23.4 Å². The maximum Gasteiger partial charge on any atom is 0.472 e. The summed E-state index contributed by atoms with van der Waals surface area (Å²) in [5.41, 5.74) is 0. The summed E-state index contributed by atoms with van der Waals surface area (Å²) in [5, 5.41) is 18.3. The van der Waals surface area contributed by atoms with Gasteiger partial charge in [0.25, 0.3) is 0 Å². The molecule has 51 heavy (non-hydrogen) atoms. The third kappa shape index (κ3) is 33.7. The van der Waals surface area contributed by atoms with Crippen LogP contribution in [-0.4, -0.2) is 71.5 Å². The van der Waals surface area contributed by atoms with Crippen LogP contribution in [0.4, 0.5) is 0 Å². The standard InChI is InChI=1S/C39H71O11P/c1-4-6-20-26-35(41)27-22-17-13-8-7-9-15-19-24-29-39(44)50-37(33-49-51(45,46)48-31-36(42)30-40)32-47-38(43)28-23-18-14-11-10-12-16-21-25-34(3)5-2/h13,17,22,27,34,36-37,40,42H,4-12,14-16,18-21,23-26,28-33H2,1-3H3,(H,45,46)/b17-13-,27-22+/t34?,36-,37+/m0/s1. The number of aliphatic hydroxyl groups is 2. The number of unbranched alkanes of at least 4 members (excludes halogenated alkanes) is 14. The molecule has 11 nitrogen and oxygen atoms in total. The van der Waals surface area contributed by atoms with Gasteiger partial charge in [-0.2, -0.15) is 0 Å². The van der Waals surface area contributed by atoms with E-state index in [4.69, 9.17) is 19.1 Å². The van der Waals surface area contributed by atoms with Crippen LogP contribution in [0.25, 0.3) is 0 Å². The van der Waals surface area contributed by atoms with Crippen LogP contribution in [0.5, 0.6) is 0 Å². The van der Waals surface area contributed by atoms with Crippen LogP contribution in [0.3, 0.4) is 0 Å². The van der Waals surface area contributed by atoms with Crippen molar-refractivity contribution in [1.29, 1.82) is 0 Å². The summed E-state index contributed by atoms with van der Waals surface area (Å²) in [4.78, 5) is 46.6. The van der Waals surface area contributed by atoms with E-state index in [-0.39, 0.29) is 25.2 Å². The number of phosphoric acid groups is 1. The molecule has 0 fully saturated rings. The number of carbonyl (C=O) groups excluding carboxylic acids is 3.